The van der Waals surface area contributed by atoms with Crippen LogP contribution in [0, 0.1) is 18.3 Å². The van der Waals surface area contributed by atoms with Crippen molar-refractivity contribution < 1.29 is 18.7 Å². The third-order valence-electron chi connectivity index (χ3n) is 3.30. The Hall–Kier alpha value is -3.07. The maximum atomic E-state index is 11.9. The van der Waals surface area contributed by atoms with E-state index in [1.54, 1.807) is 6.07 Å². The normalized spacial score (nSPS) is 11.7. The second kappa shape index (κ2) is 6.79. The van der Waals surface area contributed by atoms with E-state index in [1.165, 1.54) is 13.2 Å². The number of nitriles is 1. The summed E-state index contributed by atoms with van der Waals surface area (Å²) in [6.45, 7) is 2.88. The smallest absolute Gasteiger partial charge is 0.310 e. The molecule has 1 aromatic heterocycles. The predicted molar refractivity (Wildman–Crippen MR) is 83.1 cm³/mol. The monoisotopic (exact) mass is 312 g/mol. The molecule has 0 amide bonds. The number of nitrogens with two attached hydrogens (primary N) is 1. The SMILES string of the molecule is C/C(N)=C(/C#N)C(=O)COC(=O)Cc1coc2cc(C)ccc12. The molecule has 0 fully saturated rings. The first-order valence-corrected chi connectivity index (χ1v) is 6.94. The number of allylic oxidation sites excluding steroid dienone is 1. The summed E-state index contributed by atoms with van der Waals surface area (Å²) in [5.41, 5.74) is 7.76. The molecule has 0 aliphatic heterocycles. The van der Waals surface area contributed by atoms with Crippen LogP contribution in [-0.2, 0) is 20.7 Å². The number of benzene rings is 1. The van der Waals surface area contributed by atoms with E-state index in [1.807, 2.05) is 25.1 Å². The van der Waals surface area contributed by atoms with Crippen molar-refractivity contribution in [3.8, 4) is 6.07 Å². The maximum Gasteiger partial charge on any atom is 0.310 e. The Bertz CT molecular complexity index is 836. The first-order chi connectivity index (χ1) is 10.9. The van der Waals surface area contributed by atoms with Gasteiger partial charge in [0.25, 0.3) is 0 Å². The van der Waals surface area contributed by atoms with Gasteiger partial charge in [0, 0.05) is 16.6 Å². The number of nitrogens with zero attached hydrogens (tertiary/aromatic N) is 1. The van der Waals surface area contributed by atoms with Crippen LogP contribution in [0.1, 0.15) is 18.1 Å². The maximum absolute atomic E-state index is 11.9. The molecule has 0 aliphatic carbocycles. The molecule has 118 valence electrons. The zero-order valence-corrected chi connectivity index (χ0v) is 12.9. The fraction of sp³-hybridized carbons (Fsp3) is 0.235. The van der Waals surface area contributed by atoms with Gasteiger partial charge in [0.05, 0.1) is 12.7 Å². The minimum absolute atomic E-state index is 0.0173. The Morgan fingerprint density at radius 3 is 2.78 bits per heavy atom. The predicted octanol–water partition coefficient (Wildman–Crippen LogP) is 2.15. The zero-order chi connectivity index (χ0) is 17.0. The van der Waals surface area contributed by atoms with Crippen LogP contribution in [0.15, 0.2) is 40.1 Å². The van der Waals surface area contributed by atoms with E-state index in [-0.39, 0.29) is 17.7 Å². The molecule has 2 N–H and O–H groups in total. The highest BCUT2D eigenvalue weighted by Gasteiger charge is 2.16. The number of rotatable bonds is 5. The number of fused-ring (bicyclic) bond motifs is 1. The molecule has 1 aromatic carbocycles. The molecular weight excluding hydrogens is 296 g/mol. The van der Waals surface area contributed by atoms with Gasteiger partial charge < -0.3 is 14.9 Å². The summed E-state index contributed by atoms with van der Waals surface area (Å²) in [5.74, 6) is -1.19. The van der Waals surface area contributed by atoms with E-state index in [2.05, 4.69) is 0 Å². The van der Waals surface area contributed by atoms with Crippen LogP contribution in [0.4, 0.5) is 0 Å². The second-order valence-electron chi connectivity index (χ2n) is 5.19. The summed E-state index contributed by atoms with van der Waals surface area (Å²) in [6.07, 6.45) is 1.48. The molecule has 0 atom stereocenters. The number of esters is 1. The molecule has 0 spiro atoms. The van der Waals surface area contributed by atoms with E-state index in [4.69, 9.17) is 20.1 Å². The van der Waals surface area contributed by atoms with Crippen LogP contribution >= 0.6 is 0 Å². The standard InChI is InChI=1S/C17H16N2O4/c1-10-3-4-13-12(8-22-16(13)5-10)6-17(21)23-9-15(20)14(7-18)11(2)19/h3-5,8H,6,9,19H2,1-2H3/b14-11+. The quantitative estimate of drug-likeness (QED) is 0.515. The first-order valence-electron chi connectivity index (χ1n) is 6.94. The Morgan fingerprint density at radius 2 is 2.13 bits per heavy atom. The molecule has 2 aromatic rings. The molecule has 0 radical (unpaired) electrons. The molecule has 6 heteroatoms. The van der Waals surface area contributed by atoms with Crippen molar-refractivity contribution in [2.45, 2.75) is 20.3 Å². The third-order valence-corrected chi connectivity index (χ3v) is 3.30. The lowest BCUT2D eigenvalue weighted by molar-refractivity contribution is -0.146. The summed E-state index contributed by atoms with van der Waals surface area (Å²) in [7, 11) is 0. The van der Waals surface area contributed by atoms with Gasteiger partial charge in [0.15, 0.2) is 6.61 Å². The summed E-state index contributed by atoms with van der Waals surface area (Å²) in [6, 6.07) is 7.37. The fourth-order valence-corrected chi connectivity index (χ4v) is 2.12. The van der Waals surface area contributed by atoms with E-state index in [0.29, 0.717) is 11.1 Å². The third kappa shape index (κ3) is 3.77. The number of carbonyl (C=O) groups excluding carboxylic acids is 2. The largest absolute Gasteiger partial charge is 0.464 e. The van der Waals surface area contributed by atoms with Gasteiger partial charge in [0.2, 0.25) is 5.78 Å². The molecule has 0 aliphatic rings. The topological polar surface area (TPSA) is 106 Å². The van der Waals surface area contributed by atoms with Gasteiger partial charge in [-0.25, -0.2) is 0 Å². The Labute approximate surface area is 133 Å². The van der Waals surface area contributed by atoms with E-state index in [9.17, 15) is 9.59 Å². The van der Waals surface area contributed by atoms with Crippen LogP contribution < -0.4 is 5.73 Å². The average molecular weight is 312 g/mol. The van der Waals surface area contributed by atoms with E-state index in [0.717, 1.165) is 10.9 Å². The van der Waals surface area contributed by atoms with Gasteiger partial charge in [-0.05, 0) is 25.5 Å². The molecule has 0 bridgehead atoms. The van der Waals surface area contributed by atoms with Crippen molar-refractivity contribution in [1.82, 2.24) is 0 Å². The van der Waals surface area contributed by atoms with Crippen LogP contribution in [0.2, 0.25) is 0 Å². The lowest BCUT2D eigenvalue weighted by atomic mass is 10.1. The number of hydrogen-bond donors (Lipinski definition) is 1. The van der Waals surface area contributed by atoms with Crippen LogP contribution in [0.5, 0.6) is 0 Å². The lowest BCUT2D eigenvalue weighted by Gasteiger charge is -2.04. The highest BCUT2D eigenvalue weighted by molar-refractivity contribution is 6.01. The number of aryl methyl sites for hydroxylation is 1. The fourth-order valence-electron chi connectivity index (χ4n) is 2.12. The minimum Gasteiger partial charge on any atom is -0.464 e. The minimum atomic E-state index is -0.617. The van der Waals surface area contributed by atoms with Crippen LogP contribution in [0.25, 0.3) is 11.0 Å². The summed E-state index contributed by atoms with van der Waals surface area (Å²) in [5, 5.41) is 9.65. The second-order valence-corrected chi connectivity index (χ2v) is 5.19. The van der Waals surface area contributed by atoms with Crippen molar-refractivity contribution in [3.63, 3.8) is 0 Å². The Morgan fingerprint density at radius 1 is 1.39 bits per heavy atom. The van der Waals surface area contributed by atoms with Crippen LogP contribution in [-0.4, -0.2) is 18.4 Å². The van der Waals surface area contributed by atoms with Crippen molar-refractivity contribution in [1.29, 1.82) is 5.26 Å². The van der Waals surface area contributed by atoms with Crippen molar-refractivity contribution in [2.75, 3.05) is 6.61 Å². The summed E-state index contributed by atoms with van der Waals surface area (Å²) < 4.78 is 10.3. The number of carbonyl (C=O) groups is 2. The van der Waals surface area contributed by atoms with Gasteiger partial charge >= 0.3 is 5.97 Å². The van der Waals surface area contributed by atoms with Gasteiger partial charge in [-0.2, -0.15) is 5.26 Å². The van der Waals surface area contributed by atoms with E-state index < -0.39 is 18.4 Å². The Kier molecular flexibility index (Phi) is 4.82. The molecule has 6 nitrogen and oxygen atoms in total. The highest BCUT2D eigenvalue weighted by Crippen LogP contribution is 2.22. The van der Waals surface area contributed by atoms with Gasteiger partial charge in [-0.1, -0.05) is 12.1 Å². The summed E-state index contributed by atoms with van der Waals surface area (Å²) >= 11 is 0. The number of Topliss-reactive ketones (excluding diaryl/α,β-unsaturated/α-hetero) is 1. The molecule has 0 unspecified atom stereocenters. The molecule has 1 heterocycles. The summed E-state index contributed by atoms with van der Waals surface area (Å²) in [4.78, 5) is 23.6. The number of furan rings is 1. The highest BCUT2D eigenvalue weighted by atomic mass is 16.5. The van der Waals surface area contributed by atoms with Gasteiger partial charge in [0.1, 0.15) is 17.2 Å². The van der Waals surface area contributed by atoms with Gasteiger partial charge in [-0.3, -0.25) is 9.59 Å². The number of ketones is 1. The molecule has 0 saturated heterocycles. The first kappa shape index (κ1) is 16.3. The van der Waals surface area contributed by atoms with Crippen molar-refractivity contribution >= 4 is 22.7 Å². The molecule has 2 rings (SSSR count). The van der Waals surface area contributed by atoms with Gasteiger partial charge in [-0.15, -0.1) is 0 Å². The lowest BCUT2D eigenvalue weighted by Crippen LogP contribution is -2.18. The molecule has 0 saturated carbocycles. The van der Waals surface area contributed by atoms with Crippen LogP contribution in [0.3, 0.4) is 0 Å². The average Bonchev–Trinajstić information content (AvgIpc) is 2.87. The molecule has 23 heavy (non-hydrogen) atoms. The number of ether oxygens (including phenoxy) is 1. The van der Waals surface area contributed by atoms with Crippen molar-refractivity contribution in [2.24, 2.45) is 5.73 Å². The Balaban J connectivity index is 2.01. The molecular formula is C17H16N2O4. The number of hydrogen-bond acceptors (Lipinski definition) is 6. The zero-order valence-electron chi connectivity index (χ0n) is 12.9. The van der Waals surface area contributed by atoms with E-state index >= 15 is 0 Å². The van der Waals surface area contributed by atoms with Crippen molar-refractivity contribution in [3.05, 3.63) is 46.9 Å².